The summed E-state index contributed by atoms with van der Waals surface area (Å²) < 4.78 is 26.9. The zero-order valence-corrected chi connectivity index (χ0v) is 11.4. The smallest absolute Gasteiger partial charge is 0.254 e. The van der Waals surface area contributed by atoms with Gasteiger partial charge in [-0.2, -0.15) is 0 Å². The predicted molar refractivity (Wildman–Crippen MR) is 75.8 cm³/mol. The van der Waals surface area contributed by atoms with Crippen LogP contribution in [-0.4, -0.2) is 23.7 Å². The van der Waals surface area contributed by atoms with E-state index < -0.39 is 17.8 Å². The molecule has 1 amide bonds. The number of amides is 1. The predicted octanol–water partition coefficient (Wildman–Crippen LogP) is 2.74. The standard InChI is InChI=1S/C16H15F2NO2/c1-10(9-20)19-16(21)14-7-4-12(8-15(14)18)11-2-5-13(17)6-3-11/h2-8,10,20H,9H2,1H3,(H,19,21). The molecule has 5 heteroatoms. The Kier molecular flexibility index (Phi) is 4.65. The molecule has 21 heavy (non-hydrogen) atoms. The molecule has 0 aromatic heterocycles. The first kappa shape index (κ1) is 15.1. The van der Waals surface area contributed by atoms with Gasteiger partial charge in [0, 0.05) is 6.04 Å². The summed E-state index contributed by atoms with van der Waals surface area (Å²) in [7, 11) is 0. The Morgan fingerprint density at radius 2 is 1.76 bits per heavy atom. The second-order valence-electron chi connectivity index (χ2n) is 4.76. The Labute approximate surface area is 121 Å². The Morgan fingerprint density at radius 1 is 1.14 bits per heavy atom. The van der Waals surface area contributed by atoms with Crippen LogP contribution in [0.3, 0.4) is 0 Å². The van der Waals surface area contributed by atoms with Crippen LogP contribution >= 0.6 is 0 Å². The van der Waals surface area contributed by atoms with E-state index in [2.05, 4.69) is 5.32 Å². The van der Waals surface area contributed by atoms with E-state index in [1.807, 2.05) is 0 Å². The van der Waals surface area contributed by atoms with E-state index >= 15 is 0 Å². The van der Waals surface area contributed by atoms with Crippen molar-refractivity contribution < 1.29 is 18.7 Å². The van der Waals surface area contributed by atoms with Crippen molar-refractivity contribution >= 4 is 5.91 Å². The van der Waals surface area contributed by atoms with Gasteiger partial charge >= 0.3 is 0 Å². The maximum absolute atomic E-state index is 14.0. The highest BCUT2D eigenvalue weighted by molar-refractivity contribution is 5.95. The summed E-state index contributed by atoms with van der Waals surface area (Å²) in [6.07, 6.45) is 0. The van der Waals surface area contributed by atoms with Crippen LogP contribution in [0.5, 0.6) is 0 Å². The molecule has 0 aliphatic carbocycles. The van der Waals surface area contributed by atoms with Crippen LogP contribution in [0.2, 0.25) is 0 Å². The van der Waals surface area contributed by atoms with Crippen molar-refractivity contribution in [1.29, 1.82) is 0 Å². The lowest BCUT2D eigenvalue weighted by Crippen LogP contribution is -2.35. The van der Waals surface area contributed by atoms with Gasteiger partial charge in [0.2, 0.25) is 0 Å². The zero-order chi connectivity index (χ0) is 15.4. The molecule has 0 fully saturated rings. The molecule has 0 saturated carbocycles. The summed E-state index contributed by atoms with van der Waals surface area (Å²) in [6.45, 7) is 1.39. The van der Waals surface area contributed by atoms with Gasteiger partial charge < -0.3 is 10.4 Å². The summed E-state index contributed by atoms with van der Waals surface area (Å²) in [4.78, 5) is 11.8. The third-order valence-electron chi connectivity index (χ3n) is 3.04. The first-order valence-electron chi connectivity index (χ1n) is 6.48. The van der Waals surface area contributed by atoms with Crippen molar-refractivity contribution in [3.05, 3.63) is 59.7 Å². The molecule has 0 radical (unpaired) electrons. The van der Waals surface area contributed by atoms with Gasteiger partial charge in [-0.05, 0) is 42.3 Å². The Morgan fingerprint density at radius 3 is 2.33 bits per heavy atom. The lowest BCUT2D eigenvalue weighted by molar-refractivity contribution is 0.0918. The number of hydrogen-bond acceptors (Lipinski definition) is 2. The monoisotopic (exact) mass is 291 g/mol. The molecule has 2 aromatic rings. The molecule has 0 bridgehead atoms. The van der Waals surface area contributed by atoms with Gasteiger partial charge in [-0.1, -0.05) is 18.2 Å². The average molecular weight is 291 g/mol. The van der Waals surface area contributed by atoms with Gasteiger partial charge in [0.05, 0.1) is 12.2 Å². The average Bonchev–Trinajstić information content (AvgIpc) is 2.47. The van der Waals surface area contributed by atoms with Crippen LogP contribution in [-0.2, 0) is 0 Å². The number of nitrogens with one attached hydrogen (secondary N) is 1. The molecule has 0 aliphatic heterocycles. The fraction of sp³-hybridized carbons (Fsp3) is 0.188. The maximum atomic E-state index is 14.0. The van der Waals surface area contributed by atoms with Crippen molar-refractivity contribution in [2.24, 2.45) is 0 Å². The summed E-state index contributed by atoms with van der Waals surface area (Å²) >= 11 is 0. The van der Waals surface area contributed by atoms with Gasteiger partial charge in [0.15, 0.2) is 0 Å². The molecule has 1 atom stereocenters. The Hall–Kier alpha value is -2.27. The van der Waals surface area contributed by atoms with E-state index in [9.17, 15) is 13.6 Å². The minimum Gasteiger partial charge on any atom is -0.394 e. The van der Waals surface area contributed by atoms with Crippen molar-refractivity contribution in [2.75, 3.05) is 6.61 Å². The lowest BCUT2D eigenvalue weighted by atomic mass is 10.0. The summed E-state index contributed by atoms with van der Waals surface area (Å²) in [6, 6.07) is 9.39. The van der Waals surface area contributed by atoms with E-state index in [4.69, 9.17) is 5.11 Å². The third-order valence-corrected chi connectivity index (χ3v) is 3.04. The number of aliphatic hydroxyl groups is 1. The van der Waals surface area contributed by atoms with Gasteiger partial charge in [-0.15, -0.1) is 0 Å². The molecule has 0 aliphatic rings. The molecule has 0 spiro atoms. The molecule has 1 unspecified atom stereocenters. The van der Waals surface area contributed by atoms with Crippen molar-refractivity contribution in [2.45, 2.75) is 13.0 Å². The third kappa shape index (κ3) is 3.64. The summed E-state index contributed by atoms with van der Waals surface area (Å²) in [5.41, 5.74) is 1.12. The first-order valence-corrected chi connectivity index (χ1v) is 6.48. The van der Waals surface area contributed by atoms with Crippen LogP contribution in [0, 0.1) is 11.6 Å². The van der Waals surface area contributed by atoms with Crippen LogP contribution < -0.4 is 5.32 Å². The SMILES string of the molecule is CC(CO)NC(=O)c1ccc(-c2ccc(F)cc2)cc1F. The number of carbonyl (C=O) groups is 1. The van der Waals surface area contributed by atoms with E-state index in [0.29, 0.717) is 11.1 Å². The fourth-order valence-electron chi connectivity index (χ4n) is 1.87. The second-order valence-corrected chi connectivity index (χ2v) is 4.76. The molecule has 0 heterocycles. The zero-order valence-electron chi connectivity index (χ0n) is 11.4. The Balaban J connectivity index is 2.25. The molecular formula is C16H15F2NO2. The van der Waals surface area contributed by atoms with Gasteiger partial charge in [0.1, 0.15) is 11.6 Å². The number of benzene rings is 2. The largest absolute Gasteiger partial charge is 0.394 e. The van der Waals surface area contributed by atoms with Crippen LogP contribution in [0.15, 0.2) is 42.5 Å². The van der Waals surface area contributed by atoms with Crippen LogP contribution in [0.25, 0.3) is 11.1 Å². The van der Waals surface area contributed by atoms with E-state index in [0.717, 1.165) is 0 Å². The molecule has 110 valence electrons. The van der Waals surface area contributed by atoms with Gasteiger partial charge in [0.25, 0.3) is 5.91 Å². The normalized spacial score (nSPS) is 12.0. The molecule has 0 saturated heterocycles. The number of aliphatic hydroxyl groups excluding tert-OH is 1. The quantitative estimate of drug-likeness (QED) is 0.910. The minimum absolute atomic E-state index is 0.0961. The number of hydrogen-bond donors (Lipinski definition) is 2. The van der Waals surface area contributed by atoms with E-state index in [-0.39, 0.29) is 18.0 Å². The van der Waals surface area contributed by atoms with Crippen molar-refractivity contribution in [3.8, 4) is 11.1 Å². The lowest BCUT2D eigenvalue weighted by Gasteiger charge is -2.12. The minimum atomic E-state index is -0.667. The first-order chi connectivity index (χ1) is 10.0. The van der Waals surface area contributed by atoms with Gasteiger partial charge in [-0.3, -0.25) is 4.79 Å². The summed E-state index contributed by atoms with van der Waals surface area (Å²) in [5, 5.41) is 11.4. The number of halogens is 2. The molecule has 2 rings (SSSR count). The van der Waals surface area contributed by atoms with E-state index in [1.54, 1.807) is 13.0 Å². The van der Waals surface area contributed by atoms with Crippen LogP contribution in [0.4, 0.5) is 8.78 Å². The molecule has 2 aromatic carbocycles. The second kappa shape index (κ2) is 6.45. The van der Waals surface area contributed by atoms with E-state index in [1.165, 1.54) is 36.4 Å². The van der Waals surface area contributed by atoms with Gasteiger partial charge in [-0.25, -0.2) is 8.78 Å². The summed E-state index contributed by atoms with van der Waals surface area (Å²) in [5.74, 6) is -1.62. The fourth-order valence-corrected chi connectivity index (χ4v) is 1.87. The van der Waals surface area contributed by atoms with Crippen LogP contribution in [0.1, 0.15) is 17.3 Å². The Bertz CT molecular complexity index is 641. The molecule has 2 N–H and O–H groups in total. The number of carbonyl (C=O) groups excluding carboxylic acids is 1. The highest BCUT2D eigenvalue weighted by Gasteiger charge is 2.14. The van der Waals surface area contributed by atoms with Crippen molar-refractivity contribution in [3.63, 3.8) is 0 Å². The molecular weight excluding hydrogens is 276 g/mol. The highest BCUT2D eigenvalue weighted by Crippen LogP contribution is 2.22. The molecule has 3 nitrogen and oxygen atoms in total. The highest BCUT2D eigenvalue weighted by atomic mass is 19.1. The topological polar surface area (TPSA) is 49.3 Å². The van der Waals surface area contributed by atoms with Crippen molar-refractivity contribution in [1.82, 2.24) is 5.32 Å². The maximum Gasteiger partial charge on any atom is 0.254 e. The number of rotatable bonds is 4.